The highest BCUT2D eigenvalue weighted by Gasteiger charge is 2.30. The molecule has 1 aliphatic heterocycles. The van der Waals surface area contributed by atoms with Crippen LogP contribution < -0.4 is 0 Å². The number of aromatic nitrogens is 2. The Bertz CT molecular complexity index is 897. The number of nitrogens with zero attached hydrogens (tertiary/aromatic N) is 3. The molecule has 1 aromatic carbocycles. The number of pyridine rings is 2. The third-order valence-corrected chi connectivity index (χ3v) is 4.58. The van der Waals surface area contributed by atoms with E-state index in [2.05, 4.69) is 14.9 Å². The van der Waals surface area contributed by atoms with E-state index in [1.807, 2.05) is 18.2 Å². The average Bonchev–Trinajstić information content (AvgIpc) is 2.66. The van der Waals surface area contributed by atoms with Crippen molar-refractivity contribution >= 4 is 10.8 Å². The fourth-order valence-electron chi connectivity index (χ4n) is 3.33. The summed E-state index contributed by atoms with van der Waals surface area (Å²) < 4.78 is 19.9. The molecule has 25 heavy (non-hydrogen) atoms. The van der Waals surface area contributed by atoms with Crippen LogP contribution in [0.1, 0.15) is 17.3 Å². The molecule has 5 nitrogen and oxygen atoms in total. The number of phenolic OH excluding ortho intramolecular Hbond substituents is 1. The predicted octanol–water partition coefficient (Wildman–Crippen LogP) is 2.90. The maximum absolute atomic E-state index is 14.5. The van der Waals surface area contributed by atoms with Crippen LogP contribution in [0.15, 0.2) is 48.9 Å². The molecule has 1 fully saturated rings. The van der Waals surface area contributed by atoms with Gasteiger partial charge in [-0.05, 0) is 23.6 Å². The molecule has 3 heterocycles. The van der Waals surface area contributed by atoms with Gasteiger partial charge in [0, 0.05) is 42.6 Å². The standard InChI is InChI=1S/C19H18FN3O2/c20-16-2-1-6-22-17(16)18(23-8-10-25-11-9-23)14-4-3-13-5-7-21-12-15(13)19(14)24/h1-7,12,18,24H,8-11H2. The van der Waals surface area contributed by atoms with Gasteiger partial charge in [-0.1, -0.05) is 12.1 Å². The Morgan fingerprint density at radius 3 is 2.76 bits per heavy atom. The number of aromatic hydroxyl groups is 1. The Morgan fingerprint density at radius 2 is 1.96 bits per heavy atom. The van der Waals surface area contributed by atoms with E-state index in [0.717, 1.165) is 5.39 Å². The van der Waals surface area contributed by atoms with Crippen LogP contribution in [0, 0.1) is 5.82 Å². The van der Waals surface area contributed by atoms with E-state index >= 15 is 0 Å². The third-order valence-electron chi connectivity index (χ3n) is 4.58. The van der Waals surface area contributed by atoms with Gasteiger partial charge in [0.1, 0.15) is 11.6 Å². The normalized spacial score (nSPS) is 16.8. The number of halogens is 1. The van der Waals surface area contributed by atoms with Gasteiger partial charge in [0.2, 0.25) is 0 Å². The molecular formula is C19H18FN3O2. The van der Waals surface area contributed by atoms with Gasteiger partial charge < -0.3 is 9.84 Å². The van der Waals surface area contributed by atoms with Crippen LogP contribution in [0.5, 0.6) is 5.75 Å². The van der Waals surface area contributed by atoms with Gasteiger partial charge in [0.05, 0.1) is 24.9 Å². The summed E-state index contributed by atoms with van der Waals surface area (Å²) in [6.07, 6.45) is 4.88. The minimum Gasteiger partial charge on any atom is -0.507 e. The van der Waals surface area contributed by atoms with Gasteiger partial charge in [0.25, 0.3) is 0 Å². The number of morpholine rings is 1. The first-order valence-electron chi connectivity index (χ1n) is 8.23. The Labute approximate surface area is 144 Å². The average molecular weight is 339 g/mol. The summed E-state index contributed by atoms with van der Waals surface area (Å²) >= 11 is 0. The van der Waals surface area contributed by atoms with Crippen molar-refractivity contribution in [3.63, 3.8) is 0 Å². The molecule has 3 aromatic rings. The minimum atomic E-state index is -0.477. The number of rotatable bonds is 3. The van der Waals surface area contributed by atoms with Gasteiger partial charge in [-0.25, -0.2) is 4.39 Å². The van der Waals surface area contributed by atoms with E-state index in [1.165, 1.54) is 6.07 Å². The minimum absolute atomic E-state index is 0.118. The van der Waals surface area contributed by atoms with E-state index in [0.29, 0.717) is 42.9 Å². The maximum atomic E-state index is 14.5. The van der Waals surface area contributed by atoms with Crippen LogP contribution in [0.3, 0.4) is 0 Å². The maximum Gasteiger partial charge on any atom is 0.146 e. The molecule has 0 radical (unpaired) electrons. The Morgan fingerprint density at radius 1 is 1.12 bits per heavy atom. The van der Waals surface area contributed by atoms with Crippen molar-refractivity contribution in [2.45, 2.75) is 6.04 Å². The second kappa shape index (κ2) is 6.74. The lowest BCUT2D eigenvalue weighted by atomic mass is 9.96. The number of ether oxygens (including phenoxy) is 1. The summed E-state index contributed by atoms with van der Waals surface area (Å²) in [5, 5.41) is 12.4. The summed E-state index contributed by atoms with van der Waals surface area (Å²) in [5.74, 6) is -0.267. The highest BCUT2D eigenvalue weighted by atomic mass is 19.1. The predicted molar refractivity (Wildman–Crippen MR) is 91.8 cm³/mol. The van der Waals surface area contributed by atoms with Crippen molar-refractivity contribution < 1.29 is 14.2 Å². The summed E-state index contributed by atoms with van der Waals surface area (Å²) in [6.45, 7) is 2.43. The molecule has 0 saturated carbocycles. The van der Waals surface area contributed by atoms with E-state index in [4.69, 9.17) is 4.74 Å². The van der Waals surface area contributed by atoms with Gasteiger partial charge in [-0.2, -0.15) is 0 Å². The van der Waals surface area contributed by atoms with Crippen LogP contribution in [0.25, 0.3) is 10.8 Å². The highest BCUT2D eigenvalue weighted by molar-refractivity contribution is 5.88. The van der Waals surface area contributed by atoms with E-state index < -0.39 is 6.04 Å². The molecule has 1 saturated heterocycles. The summed E-state index contributed by atoms with van der Waals surface area (Å²) in [7, 11) is 0. The van der Waals surface area contributed by atoms with Crippen molar-refractivity contribution in [1.29, 1.82) is 0 Å². The smallest absolute Gasteiger partial charge is 0.146 e. The van der Waals surface area contributed by atoms with Crippen LogP contribution in [-0.2, 0) is 4.74 Å². The van der Waals surface area contributed by atoms with Gasteiger partial charge >= 0.3 is 0 Å². The number of fused-ring (bicyclic) bond motifs is 1. The molecule has 0 bridgehead atoms. The number of phenols is 1. The molecule has 0 amide bonds. The molecular weight excluding hydrogens is 321 g/mol. The zero-order valence-corrected chi connectivity index (χ0v) is 13.6. The first kappa shape index (κ1) is 15.9. The van der Waals surface area contributed by atoms with E-state index in [1.54, 1.807) is 24.7 Å². The van der Waals surface area contributed by atoms with Gasteiger partial charge in [0.15, 0.2) is 0 Å². The molecule has 1 N–H and O–H groups in total. The lowest BCUT2D eigenvalue weighted by molar-refractivity contribution is 0.0222. The molecule has 0 spiro atoms. The zero-order valence-electron chi connectivity index (χ0n) is 13.6. The Balaban J connectivity index is 1.89. The third kappa shape index (κ3) is 2.94. The van der Waals surface area contributed by atoms with Gasteiger partial charge in [-0.15, -0.1) is 0 Å². The van der Waals surface area contributed by atoms with Crippen molar-refractivity contribution in [1.82, 2.24) is 14.9 Å². The van der Waals surface area contributed by atoms with Crippen LogP contribution >= 0.6 is 0 Å². The quantitative estimate of drug-likeness (QED) is 0.795. The molecule has 4 rings (SSSR count). The zero-order chi connectivity index (χ0) is 17.2. The van der Waals surface area contributed by atoms with E-state index in [9.17, 15) is 9.50 Å². The van der Waals surface area contributed by atoms with Gasteiger partial charge in [-0.3, -0.25) is 14.9 Å². The number of hydrogen-bond donors (Lipinski definition) is 1. The number of benzene rings is 1. The van der Waals surface area contributed by atoms with Crippen LogP contribution in [0.2, 0.25) is 0 Å². The molecule has 2 aromatic heterocycles. The SMILES string of the molecule is Oc1c(C(c2ncccc2F)N2CCOCC2)ccc2ccncc12. The van der Waals surface area contributed by atoms with E-state index in [-0.39, 0.29) is 11.6 Å². The first-order chi connectivity index (χ1) is 12.3. The molecule has 128 valence electrons. The van der Waals surface area contributed by atoms with Crippen molar-refractivity contribution in [3.05, 3.63) is 66.0 Å². The lowest BCUT2D eigenvalue weighted by Crippen LogP contribution is -2.40. The summed E-state index contributed by atoms with van der Waals surface area (Å²) in [5.41, 5.74) is 0.933. The summed E-state index contributed by atoms with van der Waals surface area (Å²) in [4.78, 5) is 10.5. The molecule has 1 unspecified atom stereocenters. The van der Waals surface area contributed by atoms with Crippen molar-refractivity contribution in [3.8, 4) is 5.75 Å². The number of hydrogen-bond acceptors (Lipinski definition) is 5. The Kier molecular flexibility index (Phi) is 4.29. The van der Waals surface area contributed by atoms with Crippen molar-refractivity contribution in [2.24, 2.45) is 0 Å². The Hall–Kier alpha value is -2.57. The largest absolute Gasteiger partial charge is 0.507 e. The van der Waals surface area contributed by atoms with Crippen molar-refractivity contribution in [2.75, 3.05) is 26.3 Å². The molecule has 0 aliphatic carbocycles. The second-order valence-electron chi connectivity index (χ2n) is 6.02. The first-order valence-corrected chi connectivity index (χ1v) is 8.23. The van der Waals surface area contributed by atoms with Crippen LogP contribution in [0.4, 0.5) is 4.39 Å². The summed E-state index contributed by atoms with van der Waals surface area (Å²) in [6, 6.07) is 8.08. The monoisotopic (exact) mass is 339 g/mol. The fraction of sp³-hybridized carbons (Fsp3) is 0.263. The topological polar surface area (TPSA) is 58.5 Å². The highest BCUT2D eigenvalue weighted by Crippen LogP contribution is 2.38. The van der Waals surface area contributed by atoms with Crippen LogP contribution in [-0.4, -0.2) is 46.3 Å². The molecule has 1 aliphatic rings. The second-order valence-corrected chi connectivity index (χ2v) is 6.02. The fourth-order valence-corrected chi connectivity index (χ4v) is 3.33. The lowest BCUT2D eigenvalue weighted by Gasteiger charge is -2.34. The molecule has 1 atom stereocenters. The molecule has 6 heteroatoms.